The molecule has 3 heteroatoms. The minimum Gasteiger partial charge on any atom is -0.543 e. The Bertz CT molecular complexity index is 420. The minimum atomic E-state index is -1.65. The lowest BCUT2D eigenvalue weighted by atomic mass is 10.1. The maximum absolute atomic E-state index is 6.22. The highest BCUT2D eigenvalue weighted by molar-refractivity contribution is 6.71. The number of halogens is 1. The zero-order valence-electron chi connectivity index (χ0n) is 15.4. The summed E-state index contributed by atoms with van der Waals surface area (Å²) in [7, 11) is -1.65. The standard InChI is InChI=1S/C20H35ClOSi/c1-4-5-6-7-8-9-10-11-12-15-18-23(2,3)22-20-17-14-13-16-19(20)21/h13-14,16-17H,4-12,15,18H2,1-3H3. The number of benzene rings is 1. The van der Waals surface area contributed by atoms with Crippen LogP contribution in [-0.4, -0.2) is 8.32 Å². The number of rotatable bonds is 13. The average molecular weight is 355 g/mol. The summed E-state index contributed by atoms with van der Waals surface area (Å²) in [5.41, 5.74) is 0. The monoisotopic (exact) mass is 354 g/mol. The SMILES string of the molecule is CCCCCCCCCCCC[Si](C)(C)Oc1ccccc1Cl. The molecule has 0 bridgehead atoms. The Labute approximate surface area is 149 Å². The summed E-state index contributed by atoms with van der Waals surface area (Å²) in [6, 6.07) is 9.05. The second-order valence-corrected chi connectivity index (χ2v) is 11.9. The van der Waals surface area contributed by atoms with Crippen LogP contribution in [0, 0.1) is 0 Å². The molecule has 0 aliphatic rings. The van der Waals surface area contributed by atoms with Crippen molar-refractivity contribution in [3.8, 4) is 5.75 Å². The molecule has 1 nitrogen and oxygen atoms in total. The Morgan fingerprint density at radius 3 is 1.91 bits per heavy atom. The van der Waals surface area contributed by atoms with Gasteiger partial charge in [0.15, 0.2) is 0 Å². The largest absolute Gasteiger partial charge is 0.543 e. The minimum absolute atomic E-state index is 0.733. The van der Waals surface area contributed by atoms with E-state index in [-0.39, 0.29) is 0 Å². The number of para-hydroxylation sites is 1. The van der Waals surface area contributed by atoms with Crippen molar-refractivity contribution >= 4 is 19.9 Å². The molecule has 1 rings (SSSR count). The van der Waals surface area contributed by atoms with Crippen LogP contribution in [0.25, 0.3) is 0 Å². The van der Waals surface area contributed by atoms with Gasteiger partial charge in [0.1, 0.15) is 5.75 Å². The van der Waals surface area contributed by atoms with Crippen molar-refractivity contribution in [2.24, 2.45) is 0 Å². The van der Waals surface area contributed by atoms with E-state index < -0.39 is 8.32 Å². The zero-order chi connectivity index (χ0) is 17.0. The van der Waals surface area contributed by atoms with E-state index in [2.05, 4.69) is 20.0 Å². The molecule has 0 unspecified atom stereocenters. The fourth-order valence-electron chi connectivity index (χ4n) is 2.91. The Balaban J connectivity index is 2.07. The number of hydrogen-bond acceptors (Lipinski definition) is 1. The molecule has 0 heterocycles. The van der Waals surface area contributed by atoms with Crippen LogP contribution >= 0.6 is 11.6 Å². The van der Waals surface area contributed by atoms with Gasteiger partial charge in [-0.1, -0.05) is 94.9 Å². The third kappa shape index (κ3) is 10.1. The topological polar surface area (TPSA) is 9.23 Å². The van der Waals surface area contributed by atoms with Crippen LogP contribution in [-0.2, 0) is 0 Å². The van der Waals surface area contributed by atoms with Crippen LogP contribution in [0.5, 0.6) is 5.75 Å². The van der Waals surface area contributed by atoms with Gasteiger partial charge in [-0.05, 0) is 31.3 Å². The quantitative estimate of drug-likeness (QED) is 0.259. The van der Waals surface area contributed by atoms with Crippen LogP contribution in [0.15, 0.2) is 24.3 Å². The zero-order valence-corrected chi connectivity index (χ0v) is 17.1. The van der Waals surface area contributed by atoms with Crippen LogP contribution in [0.2, 0.25) is 24.2 Å². The molecular weight excluding hydrogens is 320 g/mol. The Morgan fingerprint density at radius 1 is 0.826 bits per heavy atom. The van der Waals surface area contributed by atoms with Gasteiger partial charge in [-0.25, -0.2) is 0 Å². The molecule has 0 radical (unpaired) electrons. The first-order chi connectivity index (χ1) is 11.0. The molecular formula is C20H35ClOSi. The van der Waals surface area contributed by atoms with Gasteiger partial charge in [0.25, 0.3) is 0 Å². The number of unbranched alkanes of at least 4 members (excludes halogenated alkanes) is 9. The lowest BCUT2D eigenvalue weighted by molar-refractivity contribution is 0.531. The van der Waals surface area contributed by atoms with Crippen LogP contribution < -0.4 is 4.43 Å². The molecule has 0 saturated heterocycles. The van der Waals surface area contributed by atoms with Crippen molar-refractivity contribution in [1.82, 2.24) is 0 Å². The van der Waals surface area contributed by atoms with E-state index in [0.717, 1.165) is 10.8 Å². The molecule has 1 aromatic rings. The molecule has 0 fully saturated rings. The van der Waals surface area contributed by atoms with Crippen molar-refractivity contribution in [2.45, 2.75) is 90.3 Å². The van der Waals surface area contributed by atoms with Crippen molar-refractivity contribution in [1.29, 1.82) is 0 Å². The molecule has 1 aromatic carbocycles. The first kappa shape index (κ1) is 20.6. The molecule has 0 amide bonds. The first-order valence-corrected chi connectivity index (χ1v) is 13.0. The lowest BCUT2D eigenvalue weighted by Crippen LogP contribution is -2.33. The third-order valence-corrected chi connectivity index (χ3v) is 7.00. The van der Waals surface area contributed by atoms with Gasteiger partial charge in [0, 0.05) is 0 Å². The molecule has 0 spiro atoms. The van der Waals surface area contributed by atoms with E-state index in [9.17, 15) is 0 Å². The van der Waals surface area contributed by atoms with Gasteiger partial charge in [0.2, 0.25) is 8.32 Å². The molecule has 0 N–H and O–H groups in total. The van der Waals surface area contributed by atoms with E-state index in [1.54, 1.807) is 0 Å². The highest BCUT2D eigenvalue weighted by atomic mass is 35.5. The van der Waals surface area contributed by atoms with Gasteiger partial charge in [-0.2, -0.15) is 0 Å². The summed E-state index contributed by atoms with van der Waals surface area (Å²) in [5.74, 6) is 0.859. The summed E-state index contributed by atoms with van der Waals surface area (Å²) < 4.78 is 6.22. The summed E-state index contributed by atoms with van der Waals surface area (Å²) in [4.78, 5) is 0. The predicted octanol–water partition coefficient (Wildman–Crippen LogP) is 7.84. The Hall–Kier alpha value is -0.473. The lowest BCUT2D eigenvalue weighted by Gasteiger charge is -2.24. The normalized spacial score (nSPS) is 11.7. The maximum atomic E-state index is 6.22. The van der Waals surface area contributed by atoms with E-state index >= 15 is 0 Å². The Kier molecular flexibility index (Phi) is 10.7. The van der Waals surface area contributed by atoms with Crippen molar-refractivity contribution in [3.63, 3.8) is 0 Å². The van der Waals surface area contributed by atoms with Crippen LogP contribution in [0.4, 0.5) is 0 Å². The highest BCUT2D eigenvalue weighted by Gasteiger charge is 2.24. The van der Waals surface area contributed by atoms with Gasteiger partial charge < -0.3 is 4.43 Å². The van der Waals surface area contributed by atoms with Crippen LogP contribution in [0.3, 0.4) is 0 Å². The summed E-state index contributed by atoms with van der Waals surface area (Å²) >= 11 is 6.19. The second kappa shape index (κ2) is 12.0. The Morgan fingerprint density at radius 2 is 1.35 bits per heavy atom. The molecule has 0 aliphatic carbocycles. The first-order valence-electron chi connectivity index (χ1n) is 9.49. The fraction of sp³-hybridized carbons (Fsp3) is 0.700. The molecule has 23 heavy (non-hydrogen) atoms. The van der Waals surface area contributed by atoms with E-state index in [4.69, 9.17) is 16.0 Å². The van der Waals surface area contributed by atoms with Crippen LogP contribution in [0.1, 0.15) is 71.1 Å². The summed E-state index contributed by atoms with van der Waals surface area (Å²) in [5, 5.41) is 0.733. The third-order valence-electron chi connectivity index (χ3n) is 4.36. The molecule has 132 valence electrons. The molecule has 0 atom stereocenters. The number of hydrogen-bond donors (Lipinski definition) is 0. The van der Waals surface area contributed by atoms with Gasteiger partial charge >= 0.3 is 0 Å². The maximum Gasteiger partial charge on any atom is 0.245 e. The second-order valence-electron chi connectivity index (χ2n) is 7.22. The van der Waals surface area contributed by atoms with E-state index in [1.165, 1.54) is 70.3 Å². The van der Waals surface area contributed by atoms with Gasteiger partial charge in [-0.15, -0.1) is 0 Å². The summed E-state index contributed by atoms with van der Waals surface area (Å²) in [6.07, 6.45) is 13.9. The smallest absolute Gasteiger partial charge is 0.245 e. The van der Waals surface area contributed by atoms with Gasteiger partial charge in [-0.3, -0.25) is 0 Å². The molecule has 0 aromatic heterocycles. The van der Waals surface area contributed by atoms with Gasteiger partial charge in [0.05, 0.1) is 5.02 Å². The molecule has 0 saturated carbocycles. The molecule has 0 aliphatic heterocycles. The van der Waals surface area contributed by atoms with E-state index in [1.807, 2.05) is 24.3 Å². The van der Waals surface area contributed by atoms with E-state index in [0.29, 0.717) is 0 Å². The fourth-order valence-corrected chi connectivity index (χ4v) is 5.13. The summed E-state index contributed by atoms with van der Waals surface area (Å²) in [6.45, 7) is 6.87. The van der Waals surface area contributed by atoms with Crippen molar-refractivity contribution < 1.29 is 4.43 Å². The highest BCUT2D eigenvalue weighted by Crippen LogP contribution is 2.28. The van der Waals surface area contributed by atoms with Crippen molar-refractivity contribution in [3.05, 3.63) is 29.3 Å². The average Bonchev–Trinajstić information content (AvgIpc) is 2.51. The predicted molar refractivity (Wildman–Crippen MR) is 106 cm³/mol. The van der Waals surface area contributed by atoms with Crippen molar-refractivity contribution in [2.75, 3.05) is 0 Å².